The molecule has 0 N–H and O–H groups in total. The van der Waals surface area contributed by atoms with E-state index in [2.05, 4.69) is 52.9 Å². The fourth-order valence-corrected chi connectivity index (χ4v) is 3.22. The van der Waals surface area contributed by atoms with Crippen molar-refractivity contribution in [3.05, 3.63) is 35.9 Å². The van der Waals surface area contributed by atoms with Crippen molar-refractivity contribution in [1.82, 2.24) is 0 Å². The van der Waals surface area contributed by atoms with Crippen LogP contribution >= 0.6 is 22.6 Å². The van der Waals surface area contributed by atoms with Gasteiger partial charge in [-0.25, -0.2) is 0 Å². The fraction of sp³-hybridized carbons (Fsp3) is 0.571. The predicted molar refractivity (Wildman–Crippen MR) is 76.2 cm³/mol. The van der Waals surface area contributed by atoms with Crippen molar-refractivity contribution < 1.29 is 4.74 Å². The van der Waals surface area contributed by atoms with Crippen LogP contribution in [0.3, 0.4) is 0 Å². The zero-order valence-corrected chi connectivity index (χ0v) is 11.7. The minimum Gasteiger partial charge on any atom is -0.377 e. The Balaban J connectivity index is 1.71. The number of alkyl halides is 1. The van der Waals surface area contributed by atoms with Gasteiger partial charge in [0.2, 0.25) is 0 Å². The molecule has 2 rings (SSSR count). The lowest BCUT2D eigenvalue weighted by atomic mass is 9.98. The minimum absolute atomic E-state index is 0.498. The number of halogens is 1. The fourth-order valence-electron chi connectivity index (χ4n) is 2.21. The molecular formula is C14H19IO. The Labute approximate surface area is 112 Å². The van der Waals surface area contributed by atoms with Gasteiger partial charge in [-0.1, -0.05) is 65.8 Å². The van der Waals surface area contributed by atoms with Crippen molar-refractivity contribution in [3.8, 4) is 0 Å². The van der Waals surface area contributed by atoms with E-state index < -0.39 is 0 Å². The van der Waals surface area contributed by atoms with Crippen molar-refractivity contribution >= 4 is 22.6 Å². The summed E-state index contributed by atoms with van der Waals surface area (Å²) >= 11 is 2.55. The van der Waals surface area contributed by atoms with Gasteiger partial charge in [0.15, 0.2) is 0 Å². The summed E-state index contributed by atoms with van der Waals surface area (Å²) in [5.41, 5.74) is 1.38. The first-order chi connectivity index (χ1) is 7.86. The first-order valence-electron chi connectivity index (χ1n) is 6.16. The van der Waals surface area contributed by atoms with E-state index in [0.29, 0.717) is 6.10 Å². The highest BCUT2D eigenvalue weighted by molar-refractivity contribution is 14.1. The van der Waals surface area contributed by atoms with Crippen molar-refractivity contribution in [1.29, 1.82) is 0 Å². The summed E-state index contributed by atoms with van der Waals surface area (Å²) < 4.78 is 6.72. The molecule has 2 atom stereocenters. The smallest absolute Gasteiger partial charge is 0.0692 e. The minimum atomic E-state index is 0.498. The molecule has 0 spiro atoms. The van der Waals surface area contributed by atoms with Gasteiger partial charge in [-0.3, -0.25) is 0 Å². The standard InChI is InChI=1S/C14H19IO/c15-13-8-4-5-9-14(13)16-11-10-12-6-2-1-3-7-12/h1-3,6-7,13-14H,4-5,8-11H2. The zero-order valence-electron chi connectivity index (χ0n) is 9.57. The Bertz CT molecular complexity index is 299. The Hall–Kier alpha value is -0.0900. The highest BCUT2D eigenvalue weighted by Crippen LogP contribution is 2.27. The van der Waals surface area contributed by atoms with Crippen molar-refractivity contribution in [2.24, 2.45) is 0 Å². The monoisotopic (exact) mass is 330 g/mol. The van der Waals surface area contributed by atoms with Gasteiger partial charge in [-0.15, -0.1) is 0 Å². The SMILES string of the molecule is IC1CCCCC1OCCc1ccccc1. The van der Waals surface area contributed by atoms with E-state index in [-0.39, 0.29) is 0 Å². The molecule has 2 heteroatoms. The normalized spacial score (nSPS) is 25.6. The van der Waals surface area contributed by atoms with Gasteiger partial charge in [-0.05, 0) is 24.8 Å². The van der Waals surface area contributed by atoms with E-state index in [1.54, 1.807) is 0 Å². The Morgan fingerprint density at radius 2 is 1.88 bits per heavy atom. The Morgan fingerprint density at radius 3 is 2.62 bits per heavy atom. The Morgan fingerprint density at radius 1 is 1.12 bits per heavy atom. The van der Waals surface area contributed by atoms with Crippen LogP contribution in [0.5, 0.6) is 0 Å². The topological polar surface area (TPSA) is 9.23 Å². The highest BCUT2D eigenvalue weighted by atomic mass is 127. The van der Waals surface area contributed by atoms with Crippen LogP contribution in [-0.2, 0) is 11.2 Å². The zero-order chi connectivity index (χ0) is 11.2. The third kappa shape index (κ3) is 3.74. The maximum absolute atomic E-state index is 5.99. The molecule has 0 heterocycles. The summed E-state index contributed by atoms with van der Waals surface area (Å²) in [6, 6.07) is 10.6. The molecule has 1 nitrogen and oxygen atoms in total. The lowest BCUT2D eigenvalue weighted by molar-refractivity contribution is 0.0383. The average Bonchev–Trinajstić information content (AvgIpc) is 2.33. The number of benzene rings is 1. The molecule has 1 aromatic carbocycles. The first-order valence-corrected chi connectivity index (χ1v) is 7.40. The summed E-state index contributed by atoms with van der Waals surface area (Å²) in [5.74, 6) is 0. The molecule has 2 unspecified atom stereocenters. The van der Waals surface area contributed by atoms with Gasteiger partial charge in [0.1, 0.15) is 0 Å². The van der Waals surface area contributed by atoms with E-state index in [9.17, 15) is 0 Å². The molecule has 16 heavy (non-hydrogen) atoms. The molecule has 1 saturated carbocycles. The van der Waals surface area contributed by atoms with Crippen molar-refractivity contribution in [2.45, 2.75) is 42.1 Å². The third-order valence-electron chi connectivity index (χ3n) is 3.19. The second-order valence-corrected chi connectivity index (χ2v) is 6.05. The lowest BCUT2D eigenvalue weighted by Crippen LogP contribution is -2.28. The van der Waals surface area contributed by atoms with Crippen LogP contribution in [-0.4, -0.2) is 16.6 Å². The molecule has 0 amide bonds. The molecule has 0 radical (unpaired) electrons. The van der Waals surface area contributed by atoms with E-state index in [1.165, 1.54) is 31.2 Å². The van der Waals surface area contributed by atoms with Gasteiger partial charge in [0.05, 0.1) is 12.7 Å². The molecule has 0 bridgehead atoms. The van der Waals surface area contributed by atoms with E-state index in [0.717, 1.165) is 17.0 Å². The first kappa shape index (κ1) is 12.4. The predicted octanol–water partition coefficient (Wildman–Crippen LogP) is 3.99. The number of hydrogen-bond donors (Lipinski definition) is 0. The second-order valence-electron chi connectivity index (χ2n) is 4.45. The van der Waals surface area contributed by atoms with Crippen LogP contribution in [0.4, 0.5) is 0 Å². The van der Waals surface area contributed by atoms with Gasteiger partial charge >= 0.3 is 0 Å². The molecule has 88 valence electrons. The van der Waals surface area contributed by atoms with Gasteiger partial charge in [0.25, 0.3) is 0 Å². The van der Waals surface area contributed by atoms with Crippen LogP contribution < -0.4 is 0 Å². The largest absolute Gasteiger partial charge is 0.377 e. The second kappa shape index (κ2) is 6.60. The van der Waals surface area contributed by atoms with E-state index in [4.69, 9.17) is 4.74 Å². The molecule has 1 aromatic rings. The van der Waals surface area contributed by atoms with Crippen molar-refractivity contribution in [2.75, 3.05) is 6.61 Å². The molecule has 1 aliphatic rings. The quantitative estimate of drug-likeness (QED) is 0.599. The van der Waals surface area contributed by atoms with Crippen molar-refractivity contribution in [3.63, 3.8) is 0 Å². The van der Waals surface area contributed by atoms with Gasteiger partial charge < -0.3 is 4.74 Å². The van der Waals surface area contributed by atoms with Crippen LogP contribution in [0.15, 0.2) is 30.3 Å². The average molecular weight is 330 g/mol. The molecule has 0 aromatic heterocycles. The summed E-state index contributed by atoms with van der Waals surface area (Å²) in [6.07, 6.45) is 6.85. The summed E-state index contributed by atoms with van der Waals surface area (Å²) in [6.45, 7) is 0.869. The molecule has 0 saturated heterocycles. The highest BCUT2D eigenvalue weighted by Gasteiger charge is 2.22. The third-order valence-corrected chi connectivity index (χ3v) is 4.61. The van der Waals surface area contributed by atoms with Crippen LogP contribution in [0, 0.1) is 0 Å². The number of ether oxygens (including phenoxy) is 1. The van der Waals surface area contributed by atoms with Crippen LogP contribution in [0.25, 0.3) is 0 Å². The van der Waals surface area contributed by atoms with E-state index >= 15 is 0 Å². The van der Waals surface area contributed by atoms with Gasteiger partial charge in [0, 0.05) is 3.92 Å². The molecule has 0 aliphatic heterocycles. The molecule has 1 fully saturated rings. The summed E-state index contributed by atoms with van der Waals surface area (Å²) in [4.78, 5) is 0. The van der Waals surface area contributed by atoms with Crippen LogP contribution in [0.2, 0.25) is 0 Å². The molecular weight excluding hydrogens is 311 g/mol. The summed E-state index contributed by atoms with van der Waals surface area (Å²) in [5, 5.41) is 0. The van der Waals surface area contributed by atoms with Crippen LogP contribution in [0.1, 0.15) is 31.2 Å². The maximum Gasteiger partial charge on any atom is 0.0692 e. The lowest BCUT2D eigenvalue weighted by Gasteiger charge is -2.27. The number of hydrogen-bond acceptors (Lipinski definition) is 1. The van der Waals surface area contributed by atoms with E-state index in [1.807, 2.05) is 0 Å². The Kier molecular flexibility index (Phi) is 5.10. The maximum atomic E-state index is 5.99. The molecule has 1 aliphatic carbocycles. The number of rotatable bonds is 4. The summed E-state index contributed by atoms with van der Waals surface area (Å²) in [7, 11) is 0. The van der Waals surface area contributed by atoms with Gasteiger partial charge in [-0.2, -0.15) is 0 Å².